The van der Waals surface area contributed by atoms with Crippen LogP contribution < -0.4 is 5.56 Å². The van der Waals surface area contributed by atoms with Crippen LogP contribution in [-0.4, -0.2) is 26.0 Å². The second-order valence-corrected chi connectivity index (χ2v) is 10.5. The van der Waals surface area contributed by atoms with Gasteiger partial charge in [0.25, 0.3) is 0 Å². The number of carboxylic acid groups (broad SMARTS) is 1. The lowest BCUT2D eigenvalue weighted by molar-refractivity contribution is -0.136. The van der Waals surface area contributed by atoms with Gasteiger partial charge in [-0.2, -0.15) is 0 Å². The van der Waals surface area contributed by atoms with Gasteiger partial charge in [-0.3, -0.25) is 14.6 Å². The molecule has 8 heteroatoms. The molecule has 3 aromatic carbocycles. The minimum Gasteiger partial charge on any atom is -0.481 e. The van der Waals surface area contributed by atoms with Crippen LogP contribution in [0.1, 0.15) is 11.1 Å². The first-order chi connectivity index (χ1) is 18.4. The molecule has 0 spiro atoms. The monoisotopic (exact) mass is 537 g/mol. The molecule has 0 radical (unpaired) electrons. The van der Waals surface area contributed by atoms with Gasteiger partial charge in [0.05, 0.1) is 22.3 Å². The molecule has 0 unspecified atom stereocenters. The van der Waals surface area contributed by atoms with Crippen molar-refractivity contribution in [1.29, 1.82) is 0 Å². The Morgan fingerprint density at radius 2 is 1.76 bits per heavy atom. The maximum atomic E-state index is 11.7. The summed E-state index contributed by atoms with van der Waals surface area (Å²) in [5.41, 5.74) is 7.50. The summed E-state index contributed by atoms with van der Waals surface area (Å²) in [4.78, 5) is 35.7. The molecule has 0 aliphatic rings. The number of benzene rings is 3. The summed E-state index contributed by atoms with van der Waals surface area (Å²) in [6, 6.07) is 22.4. The number of hydrogen-bond donors (Lipinski definition) is 2. The molecule has 6 rings (SSSR count). The molecule has 186 valence electrons. The zero-order valence-electron chi connectivity index (χ0n) is 20.2. The van der Waals surface area contributed by atoms with E-state index in [1.807, 2.05) is 67.6 Å². The molecule has 6 nitrogen and oxygen atoms in total. The Morgan fingerprint density at radius 3 is 2.55 bits per heavy atom. The van der Waals surface area contributed by atoms with E-state index < -0.39 is 5.97 Å². The van der Waals surface area contributed by atoms with Crippen LogP contribution in [0, 0.1) is 6.92 Å². The van der Waals surface area contributed by atoms with Crippen molar-refractivity contribution in [2.45, 2.75) is 13.3 Å². The first-order valence-corrected chi connectivity index (χ1v) is 13.1. The molecule has 0 fully saturated rings. The van der Waals surface area contributed by atoms with E-state index in [-0.39, 0.29) is 12.0 Å². The molecule has 0 saturated carbocycles. The molecule has 2 N–H and O–H groups in total. The van der Waals surface area contributed by atoms with Crippen LogP contribution >= 0.6 is 22.9 Å². The van der Waals surface area contributed by atoms with Gasteiger partial charge in [0, 0.05) is 39.5 Å². The molecule has 0 bridgehead atoms. The van der Waals surface area contributed by atoms with Gasteiger partial charge < -0.3 is 10.1 Å². The number of thiazole rings is 1. The Morgan fingerprint density at radius 1 is 0.974 bits per heavy atom. The highest BCUT2D eigenvalue weighted by Crippen LogP contribution is 2.41. The third-order valence-corrected chi connectivity index (χ3v) is 7.89. The number of rotatable bonds is 5. The first-order valence-electron chi connectivity index (χ1n) is 11.9. The number of nitrogens with zero attached hydrogens (tertiary/aromatic N) is 2. The van der Waals surface area contributed by atoms with Crippen LogP contribution in [0.4, 0.5) is 0 Å². The summed E-state index contributed by atoms with van der Waals surface area (Å²) in [6.45, 7) is 1.92. The van der Waals surface area contributed by atoms with Crippen molar-refractivity contribution in [1.82, 2.24) is 15.0 Å². The number of halogens is 1. The number of H-pyrrole nitrogens is 1. The fourth-order valence-electron chi connectivity index (χ4n) is 4.69. The second kappa shape index (κ2) is 9.52. The Bertz CT molecular complexity index is 1930. The largest absolute Gasteiger partial charge is 0.481 e. The third-order valence-electron chi connectivity index (χ3n) is 6.50. The maximum absolute atomic E-state index is 11.7. The van der Waals surface area contributed by atoms with Crippen molar-refractivity contribution in [3.63, 3.8) is 0 Å². The van der Waals surface area contributed by atoms with Crippen LogP contribution in [0.25, 0.3) is 54.1 Å². The molecule has 0 aliphatic heterocycles. The van der Waals surface area contributed by atoms with Gasteiger partial charge in [0.2, 0.25) is 5.56 Å². The van der Waals surface area contributed by atoms with E-state index in [2.05, 4.69) is 9.97 Å². The molecule has 0 saturated heterocycles. The van der Waals surface area contributed by atoms with Gasteiger partial charge in [-0.25, -0.2) is 4.98 Å². The van der Waals surface area contributed by atoms with Crippen molar-refractivity contribution in [2.24, 2.45) is 0 Å². The minimum atomic E-state index is -0.884. The topological polar surface area (TPSA) is 95.9 Å². The number of aromatic amines is 1. The third kappa shape index (κ3) is 4.47. The van der Waals surface area contributed by atoms with Crippen molar-refractivity contribution >= 4 is 50.0 Å². The summed E-state index contributed by atoms with van der Waals surface area (Å²) in [6.07, 6.45) is 1.68. The average Bonchev–Trinajstić information content (AvgIpc) is 3.33. The lowest BCUT2D eigenvalue weighted by Crippen LogP contribution is -2.04. The number of pyridine rings is 2. The Hall–Kier alpha value is -4.33. The van der Waals surface area contributed by atoms with Gasteiger partial charge in [0.1, 0.15) is 5.01 Å². The Labute approximate surface area is 226 Å². The predicted octanol–water partition coefficient (Wildman–Crippen LogP) is 7.12. The number of fused-ring (bicyclic) bond motifs is 2. The smallest absolute Gasteiger partial charge is 0.307 e. The number of carboxylic acids is 1. The quantitative estimate of drug-likeness (QED) is 0.244. The normalized spacial score (nSPS) is 11.3. The van der Waals surface area contributed by atoms with Gasteiger partial charge in [-0.05, 0) is 77.5 Å². The molecule has 0 aliphatic carbocycles. The minimum absolute atomic E-state index is 0.0837. The molecule has 38 heavy (non-hydrogen) atoms. The number of hydrogen-bond acceptors (Lipinski definition) is 5. The molecule has 3 heterocycles. The van der Waals surface area contributed by atoms with Crippen LogP contribution in [0.3, 0.4) is 0 Å². The van der Waals surface area contributed by atoms with Gasteiger partial charge in [-0.15, -0.1) is 11.3 Å². The summed E-state index contributed by atoms with van der Waals surface area (Å²) >= 11 is 7.67. The Kier molecular flexibility index (Phi) is 6.02. The molecule has 6 aromatic rings. The number of aromatic nitrogens is 3. The first kappa shape index (κ1) is 24.0. The summed E-state index contributed by atoms with van der Waals surface area (Å²) < 4.78 is 0.928. The van der Waals surface area contributed by atoms with Crippen molar-refractivity contribution in [3.05, 3.63) is 105 Å². The SMILES string of the molecule is Cc1cc2nc(-c3ccnc(-c4ccc5[nH]c(=O)ccc5c4)c3)sc2c(-c2ccc(Cl)cc2)c1CC(=O)O. The fourth-order valence-corrected chi connectivity index (χ4v) is 5.96. The zero-order chi connectivity index (χ0) is 26.4. The van der Waals surface area contributed by atoms with Crippen LogP contribution in [0.5, 0.6) is 0 Å². The Balaban J connectivity index is 1.49. The highest BCUT2D eigenvalue weighted by molar-refractivity contribution is 7.22. The number of aliphatic carboxylic acids is 1. The standard InChI is InChI=1S/C30H20ClN3O3S/c1-16-12-25-29(28(22(16)15-27(36)37)17-2-6-21(31)7-3-17)38-30(34-25)20-10-11-32-24(14-20)19-4-8-23-18(13-19)5-9-26(35)33-23/h2-14H,15H2,1H3,(H,33,35)(H,36,37). The summed E-state index contributed by atoms with van der Waals surface area (Å²) in [5.74, 6) is -0.884. The maximum Gasteiger partial charge on any atom is 0.307 e. The van der Waals surface area contributed by atoms with E-state index in [1.165, 1.54) is 17.4 Å². The van der Waals surface area contributed by atoms with Gasteiger partial charge in [0.15, 0.2) is 0 Å². The number of aryl methyl sites for hydroxylation is 1. The van der Waals surface area contributed by atoms with Crippen molar-refractivity contribution < 1.29 is 9.90 Å². The van der Waals surface area contributed by atoms with Gasteiger partial charge in [-0.1, -0.05) is 29.8 Å². The number of nitrogens with one attached hydrogen (secondary N) is 1. The summed E-state index contributed by atoms with van der Waals surface area (Å²) in [5, 5.41) is 12.0. The van der Waals surface area contributed by atoms with Crippen LogP contribution in [-0.2, 0) is 11.2 Å². The highest BCUT2D eigenvalue weighted by atomic mass is 35.5. The van der Waals surface area contributed by atoms with E-state index in [0.29, 0.717) is 5.02 Å². The van der Waals surface area contributed by atoms with E-state index in [1.54, 1.807) is 12.3 Å². The van der Waals surface area contributed by atoms with Crippen LogP contribution in [0.15, 0.2) is 83.8 Å². The fraction of sp³-hybridized carbons (Fsp3) is 0.0667. The van der Waals surface area contributed by atoms with Gasteiger partial charge >= 0.3 is 5.97 Å². The lowest BCUT2D eigenvalue weighted by Gasteiger charge is -2.13. The zero-order valence-corrected chi connectivity index (χ0v) is 21.7. The van der Waals surface area contributed by atoms with E-state index in [9.17, 15) is 14.7 Å². The molecule has 0 amide bonds. The predicted molar refractivity (Wildman–Crippen MR) is 153 cm³/mol. The average molecular weight is 538 g/mol. The molecule has 0 atom stereocenters. The van der Waals surface area contributed by atoms with Crippen molar-refractivity contribution in [3.8, 4) is 33.0 Å². The molecular formula is C30H20ClN3O3S. The molecule has 3 aromatic heterocycles. The number of carbonyl (C=O) groups is 1. The van der Waals surface area contributed by atoms with E-state index in [4.69, 9.17) is 16.6 Å². The second-order valence-electron chi connectivity index (χ2n) is 9.05. The van der Waals surface area contributed by atoms with Crippen molar-refractivity contribution in [2.75, 3.05) is 0 Å². The summed E-state index contributed by atoms with van der Waals surface area (Å²) in [7, 11) is 0. The molecular weight excluding hydrogens is 518 g/mol. The highest BCUT2D eigenvalue weighted by Gasteiger charge is 2.20. The van der Waals surface area contributed by atoms with Crippen LogP contribution in [0.2, 0.25) is 5.02 Å². The van der Waals surface area contributed by atoms with E-state index in [0.717, 1.165) is 65.2 Å². The van der Waals surface area contributed by atoms with E-state index >= 15 is 0 Å². The lowest BCUT2D eigenvalue weighted by atomic mass is 9.93.